The first-order valence-electron chi connectivity index (χ1n) is 10.3. The van der Waals surface area contributed by atoms with E-state index in [1.807, 2.05) is 49.5 Å². The maximum absolute atomic E-state index is 12.4. The first-order valence-corrected chi connectivity index (χ1v) is 10.3. The Labute approximate surface area is 181 Å². The number of benzene rings is 2. The van der Waals surface area contributed by atoms with Crippen molar-refractivity contribution in [2.45, 2.75) is 26.3 Å². The lowest BCUT2D eigenvalue weighted by atomic mass is 10.1. The van der Waals surface area contributed by atoms with Gasteiger partial charge in [0.2, 0.25) is 5.91 Å². The number of nitrogens with zero attached hydrogens (tertiary/aromatic N) is 2. The van der Waals surface area contributed by atoms with Gasteiger partial charge < -0.3 is 20.7 Å². The zero-order valence-electron chi connectivity index (χ0n) is 17.5. The van der Waals surface area contributed by atoms with Gasteiger partial charge >= 0.3 is 6.03 Å². The van der Waals surface area contributed by atoms with Gasteiger partial charge in [0.25, 0.3) is 0 Å². The van der Waals surface area contributed by atoms with Crippen molar-refractivity contribution < 1.29 is 14.3 Å². The molecule has 8 nitrogen and oxygen atoms in total. The summed E-state index contributed by atoms with van der Waals surface area (Å²) in [4.78, 5) is 24.1. The summed E-state index contributed by atoms with van der Waals surface area (Å²) in [6.45, 7) is 3.75. The number of rotatable bonds is 10. The minimum absolute atomic E-state index is 0.130. The van der Waals surface area contributed by atoms with E-state index in [0.29, 0.717) is 36.8 Å². The highest BCUT2D eigenvalue weighted by Gasteiger charge is 2.07. The molecule has 3 N–H and O–H groups in total. The number of ether oxygens (including phenoxy) is 1. The second kappa shape index (κ2) is 11.4. The largest absolute Gasteiger partial charge is 0.492 e. The van der Waals surface area contributed by atoms with E-state index in [1.165, 1.54) is 0 Å². The monoisotopic (exact) mass is 421 g/mol. The molecule has 1 heterocycles. The van der Waals surface area contributed by atoms with Crippen LogP contribution in [0.5, 0.6) is 5.75 Å². The predicted molar refractivity (Wildman–Crippen MR) is 120 cm³/mol. The molecule has 0 aliphatic heterocycles. The summed E-state index contributed by atoms with van der Waals surface area (Å²) in [6.07, 6.45) is 4.71. The molecule has 0 atom stereocenters. The summed E-state index contributed by atoms with van der Waals surface area (Å²) in [5, 5.41) is 12.5. The van der Waals surface area contributed by atoms with Crippen molar-refractivity contribution in [3.05, 3.63) is 72.6 Å². The Balaban J connectivity index is 1.46. The molecule has 0 fully saturated rings. The standard InChI is InChI=1S/C23H27N5O3/c1-2-11-24-23(30)27-19-9-7-18(8-10-19)16-22(29)26-20-5-3-6-21(17-20)31-15-14-28-13-4-12-25-28/h3-10,12-13,17H,2,11,14-16H2,1H3,(H,26,29)(H2,24,27,30). The number of urea groups is 1. The lowest BCUT2D eigenvalue weighted by Gasteiger charge is -2.10. The molecule has 0 bridgehead atoms. The summed E-state index contributed by atoms with van der Waals surface area (Å²) in [5.41, 5.74) is 2.20. The van der Waals surface area contributed by atoms with Crippen LogP contribution in [-0.2, 0) is 17.8 Å². The molecule has 162 valence electrons. The molecule has 8 heteroatoms. The third-order valence-electron chi connectivity index (χ3n) is 4.38. The number of anilines is 2. The van der Waals surface area contributed by atoms with Crippen LogP contribution in [0.4, 0.5) is 16.2 Å². The minimum Gasteiger partial charge on any atom is -0.492 e. The number of hydrogen-bond donors (Lipinski definition) is 3. The third kappa shape index (κ3) is 7.50. The van der Waals surface area contributed by atoms with Gasteiger partial charge in [-0.2, -0.15) is 5.10 Å². The van der Waals surface area contributed by atoms with Gasteiger partial charge in [-0.05, 0) is 42.3 Å². The van der Waals surface area contributed by atoms with E-state index in [0.717, 1.165) is 12.0 Å². The molecule has 0 aliphatic rings. The van der Waals surface area contributed by atoms with Gasteiger partial charge in [0.15, 0.2) is 0 Å². The molecule has 0 spiro atoms. The summed E-state index contributed by atoms with van der Waals surface area (Å²) in [7, 11) is 0. The van der Waals surface area contributed by atoms with Gasteiger partial charge in [-0.25, -0.2) is 4.79 Å². The number of hydrogen-bond acceptors (Lipinski definition) is 4. The maximum Gasteiger partial charge on any atom is 0.319 e. The van der Waals surface area contributed by atoms with Crippen LogP contribution in [0.25, 0.3) is 0 Å². The molecule has 0 saturated heterocycles. The topological polar surface area (TPSA) is 97.3 Å². The van der Waals surface area contributed by atoms with Gasteiger partial charge in [0.1, 0.15) is 12.4 Å². The average molecular weight is 422 g/mol. The maximum atomic E-state index is 12.4. The van der Waals surface area contributed by atoms with Crippen LogP contribution in [0.2, 0.25) is 0 Å². The summed E-state index contributed by atoms with van der Waals surface area (Å²) < 4.78 is 7.53. The van der Waals surface area contributed by atoms with Crippen molar-refractivity contribution in [1.29, 1.82) is 0 Å². The quantitative estimate of drug-likeness (QED) is 0.465. The average Bonchev–Trinajstić information content (AvgIpc) is 3.27. The lowest BCUT2D eigenvalue weighted by molar-refractivity contribution is -0.115. The van der Waals surface area contributed by atoms with Crippen molar-refractivity contribution in [1.82, 2.24) is 15.1 Å². The van der Waals surface area contributed by atoms with Crippen LogP contribution in [0.1, 0.15) is 18.9 Å². The van der Waals surface area contributed by atoms with Gasteiger partial charge in [-0.1, -0.05) is 25.1 Å². The summed E-state index contributed by atoms with van der Waals surface area (Å²) in [6, 6.07) is 16.1. The normalized spacial score (nSPS) is 10.4. The smallest absolute Gasteiger partial charge is 0.319 e. The third-order valence-corrected chi connectivity index (χ3v) is 4.38. The number of nitrogens with one attached hydrogen (secondary N) is 3. The SMILES string of the molecule is CCCNC(=O)Nc1ccc(CC(=O)Nc2cccc(OCCn3cccn3)c2)cc1. The van der Waals surface area contributed by atoms with Crippen molar-refractivity contribution in [2.24, 2.45) is 0 Å². The molecule has 31 heavy (non-hydrogen) atoms. The second-order valence-corrected chi connectivity index (χ2v) is 6.95. The molecular formula is C23H27N5O3. The van der Waals surface area contributed by atoms with E-state index in [4.69, 9.17) is 4.74 Å². The van der Waals surface area contributed by atoms with Gasteiger partial charge in [-0.3, -0.25) is 9.48 Å². The minimum atomic E-state index is -0.237. The summed E-state index contributed by atoms with van der Waals surface area (Å²) >= 11 is 0. The highest BCUT2D eigenvalue weighted by atomic mass is 16.5. The van der Waals surface area contributed by atoms with E-state index in [2.05, 4.69) is 21.0 Å². The van der Waals surface area contributed by atoms with Crippen LogP contribution in [0.3, 0.4) is 0 Å². The molecule has 3 aromatic rings. The number of carbonyl (C=O) groups is 2. The first-order chi connectivity index (χ1) is 15.1. The summed E-state index contributed by atoms with van der Waals surface area (Å²) in [5.74, 6) is 0.553. The lowest BCUT2D eigenvalue weighted by Crippen LogP contribution is -2.29. The highest BCUT2D eigenvalue weighted by Crippen LogP contribution is 2.18. The zero-order chi connectivity index (χ0) is 21.9. The van der Waals surface area contributed by atoms with E-state index >= 15 is 0 Å². The Hall–Kier alpha value is -3.81. The first kappa shape index (κ1) is 21.9. The van der Waals surface area contributed by atoms with Crippen molar-refractivity contribution in [3.8, 4) is 5.75 Å². The van der Waals surface area contributed by atoms with Gasteiger partial charge in [-0.15, -0.1) is 0 Å². The predicted octanol–water partition coefficient (Wildman–Crippen LogP) is 3.67. The Morgan fingerprint density at radius 2 is 1.87 bits per heavy atom. The molecule has 0 radical (unpaired) electrons. The Morgan fingerprint density at radius 1 is 1.03 bits per heavy atom. The van der Waals surface area contributed by atoms with Crippen LogP contribution < -0.4 is 20.7 Å². The molecule has 1 aromatic heterocycles. The van der Waals surface area contributed by atoms with E-state index in [9.17, 15) is 9.59 Å². The Morgan fingerprint density at radius 3 is 2.61 bits per heavy atom. The van der Waals surface area contributed by atoms with Crippen LogP contribution >= 0.6 is 0 Å². The molecule has 0 saturated carbocycles. The second-order valence-electron chi connectivity index (χ2n) is 6.95. The fourth-order valence-corrected chi connectivity index (χ4v) is 2.86. The highest BCUT2D eigenvalue weighted by molar-refractivity contribution is 5.92. The molecule has 3 rings (SSSR count). The van der Waals surface area contributed by atoms with Crippen LogP contribution in [0, 0.1) is 0 Å². The molecule has 0 unspecified atom stereocenters. The van der Waals surface area contributed by atoms with Crippen molar-refractivity contribution in [3.63, 3.8) is 0 Å². The van der Waals surface area contributed by atoms with Gasteiger partial charge in [0.05, 0.1) is 13.0 Å². The fraction of sp³-hybridized carbons (Fsp3) is 0.261. The van der Waals surface area contributed by atoms with Crippen LogP contribution in [0.15, 0.2) is 67.0 Å². The van der Waals surface area contributed by atoms with Gasteiger partial charge in [0, 0.05) is 36.4 Å². The number of carbonyl (C=O) groups excluding carboxylic acids is 2. The molecule has 0 aliphatic carbocycles. The fourth-order valence-electron chi connectivity index (χ4n) is 2.86. The van der Waals surface area contributed by atoms with Crippen LogP contribution in [-0.4, -0.2) is 34.9 Å². The molecule has 3 amide bonds. The number of amides is 3. The Bertz CT molecular complexity index is 971. The zero-order valence-corrected chi connectivity index (χ0v) is 17.5. The van der Waals surface area contributed by atoms with E-state index in [-0.39, 0.29) is 18.4 Å². The molecular weight excluding hydrogens is 394 g/mol. The Kier molecular flexibility index (Phi) is 8.05. The number of aromatic nitrogens is 2. The van der Waals surface area contributed by atoms with Crippen molar-refractivity contribution in [2.75, 3.05) is 23.8 Å². The van der Waals surface area contributed by atoms with E-state index < -0.39 is 0 Å². The molecule has 2 aromatic carbocycles. The van der Waals surface area contributed by atoms with Crippen molar-refractivity contribution >= 4 is 23.3 Å². The van der Waals surface area contributed by atoms with E-state index in [1.54, 1.807) is 29.1 Å².